The molecule has 0 heterocycles. The van der Waals surface area contributed by atoms with Crippen LogP contribution in [0.3, 0.4) is 0 Å². The standard InChI is InChI=1S/C15H25NO/c1-10(2)11-9-12(16-17)13-14(3,4)7-6-8-15(11,13)5/h9-10,13,17H,6-8H2,1-5H3/t13-,15-/m0/s1. The fraction of sp³-hybridized carbons (Fsp3) is 0.800. The van der Waals surface area contributed by atoms with Crippen molar-refractivity contribution >= 4 is 5.71 Å². The van der Waals surface area contributed by atoms with Gasteiger partial charge in [0.2, 0.25) is 0 Å². The van der Waals surface area contributed by atoms with Gasteiger partial charge in [0.1, 0.15) is 0 Å². The Balaban J connectivity index is 2.50. The first kappa shape index (κ1) is 12.7. The fourth-order valence-corrected chi connectivity index (χ4v) is 4.42. The van der Waals surface area contributed by atoms with Gasteiger partial charge in [-0.15, -0.1) is 0 Å². The zero-order chi connectivity index (χ0) is 12.8. The summed E-state index contributed by atoms with van der Waals surface area (Å²) in [5.74, 6) is 0.918. The first-order valence-electron chi connectivity index (χ1n) is 6.77. The topological polar surface area (TPSA) is 32.6 Å². The smallest absolute Gasteiger partial charge is 0.0840 e. The molecule has 0 bridgehead atoms. The van der Waals surface area contributed by atoms with Gasteiger partial charge in [-0.2, -0.15) is 0 Å². The quantitative estimate of drug-likeness (QED) is 0.535. The Hall–Kier alpha value is -0.790. The van der Waals surface area contributed by atoms with Crippen molar-refractivity contribution in [2.24, 2.45) is 27.8 Å². The van der Waals surface area contributed by atoms with Crippen LogP contribution in [0.15, 0.2) is 16.8 Å². The third-order valence-electron chi connectivity index (χ3n) is 4.93. The Morgan fingerprint density at radius 3 is 2.47 bits per heavy atom. The molecule has 0 spiro atoms. The lowest BCUT2D eigenvalue weighted by Crippen LogP contribution is -2.44. The largest absolute Gasteiger partial charge is 0.411 e. The summed E-state index contributed by atoms with van der Waals surface area (Å²) in [6, 6.07) is 0. The summed E-state index contributed by atoms with van der Waals surface area (Å²) in [5, 5.41) is 12.9. The molecule has 1 fully saturated rings. The molecule has 0 aromatic heterocycles. The molecular weight excluding hydrogens is 210 g/mol. The molecule has 0 aromatic carbocycles. The van der Waals surface area contributed by atoms with Gasteiger partial charge in [0, 0.05) is 5.92 Å². The lowest BCUT2D eigenvalue weighted by molar-refractivity contribution is 0.0761. The van der Waals surface area contributed by atoms with E-state index in [2.05, 4.69) is 45.9 Å². The molecule has 2 rings (SSSR count). The van der Waals surface area contributed by atoms with Gasteiger partial charge < -0.3 is 5.21 Å². The van der Waals surface area contributed by atoms with E-state index < -0.39 is 0 Å². The van der Waals surface area contributed by atoms with Crippen molar-refractivity contribution in [3.8, 4) is 0 Å². The van der Waals surface area contributed by atoms with Crippen LogP contribution in [-0.2, 0) is 0 Å². The van der Waals surface area contributed by atoms with Crippen LogP contribution in [-0.4, -0.2) is 10.9 Å². The number of rotatable bonds is 1. The predicted octanol–water partition coefficient (Wildman–Crippen LogP) is 4.25. The Morgan fingerprint density at radius 2 is 1.94 bits per heavy atom. The monoisotopic (exact) mass is 235 g/mol. The van der Waals surface area contributed by atoms with Crippen molar-refractivity contribution in [2.75, 3.05) is 0 Å². The van der Waals surface area contributed by atoms with E-state index in [1.165, 1.54) is 24.8 Å². The van der Waals surface area contributed by atoms with Crippen molar-refractivity contribution in [2.45, 2.75) is 53.9 Å². The van der Waals surface area contributed by atoms with E-state index in [1.807, 2.05) is 0 Å². The molecule has 0 saturated heterocycles. The van der Waals surface area contributed by atoms with Crippen molar-refractivity contribution in [3.63, 3.8) is 0 Å². The molecule has 17 heavy (non-hydrogen) atoms. The van der Waals surface area contributed by atoms with E-state index in [-0.39, 0.29) is 10.8 Å². The molecule has 0 aliphatic heterocycles. The number of oxime groups is 1. The molecule has 2 aliphatic carbocycles. The molecule has 0 amide bonds. The molecule has 2 aliphatic rings. The van der Waals surface area contributed by atoms with Gasteiger partial charge in [0.15, 0.2) is 0 Å². The lowest BCUT2D eigenvalue weighted by Gasteiger charge is -2.49. The molecule has 2 heteroatoms. The number of nitrogens with zero attached hydrogens (tertiary/aromatic N) is 1. The van der Waals surface area contributed by atoms with Crippen molar-refractivity contribution in [1.29, 1.82) is 0 Å². The maximum absolute atomic E-state index is 9.29. The molecule has 2 nitrogen and oxygen atoms in total. The van der Waals surface area contributed by atoms with Crippen molar-refractivity contribution in [1.82, 2.24) is 0 Å². The number of fused-ring (bicyclic) bond motifs is 1. The number of allylic oxidation sites excluding steroid dienone is 2. The van der Waals surface area contributed by atoms with Crippen LogP contribution in [0, 0.1) is 22.7 Å². The van der Waals surface area contributed by atoms with Gasteiger partial charge in [-0.25, -0.2) is 0 Å². The van der Waals surface area contributed by atoms with E-state index in [0.717, 1.165) is 5.71 Å². The van der Waals surface area contributed by atoms with E-state index >= 15 is 0 Å². The van der Waals surface area contributed by atoms with Crippen LogP contribution in [0.4, 0.5) is 0 Å². The average Bonchev–Trinajstić information content (AvgIpc) is 2.51. The maximum atomic E-state index is 9.29. The normalized spacial score (nSPS) is 38.4. The third kappa shape index (κ3) is 1.73. The maximum Gasteiger partial charge on any atom is 0.0840 e. The lowest BCUT2D eigenvalue weighted by atomic mass is 9.55. The summed E-state index contributed by atoms with van der Waals surface area (Å²) in [4.78, 5) is 0. The molecule has 1 N–H and O–H groups in total. The minimum atomic E-state index is 0.206. The van der Waals surface area contributed by atoms with Gasteiger partial charge in [0.25, 0.3) is 0 Å². The highest BCUT2D eigenvalue weighted by Crippen LogP contribution is 2.59. The summed E-state index contributed by atoms with van der Waals surface area (Å²) in [6.45, 7) is 11.5. The average molecular weight is 235 g/mol. The molecular formula is C15H25NO. The van der Waals surface area contributed by atoms with Crippen molar-refractivity contribution < 1.29 is 5.21 Å². The van der Waals surface area contributed by atoms with E-state index in [1.54, 1.807) is 0 Å². The minimum Gasteiger partial charge on any atom is -0.411 e. The third-order valence-corrected chi connectivity index (χ3v) is 4.93. The Bertz CT molecular complexity index is 378. The summed E-state index contributed by atoms with van der Waals surface area (Å²) in [7, 11) is 0. The fourth-order valence-electron chi connectivity index (χ4n) is 4.42. The van der Waals surface area contributed by atoms with Crippen LogP contribution in [0.1, 0.15) is 53.9 Å². The van der Waals surface area contributed by atoms with Crippen LogP contribution >= 0.6 is 0 Å². The van der Waals surface area contributed by atoms with Gasteiger partial charge in [0.05, 0.1) is 5.71 Å². The Labute approximate surface area is 105 Å². The highest BCUT2D eigenvalue weighted by molar-refractivity contribution is 6.01. The molecule has 1 saturated carbocycles. The molecule has 2 atom stereocenters. The molecule has 96 valence electrons. The zero-order valence-corrected chi connectivity index (χ0v) is 11.7. The second-order valence-electron chi connectivity index (χ2n) is 6.97. The molecule has 0 unspecified atom stereocenters. The first-order valence-corrected chi connectivity index (χ1v) is 6.77. The SMILES string of the molecule is CC(C)C1=CC(=NO)[C@H]2C(C)(C)CCC[C@@]12C. The zero-order valence-electron chi connectivity index (χ0n) is 11.7. The summed E-state index contributed by atoms with van der Waals surface area (Å²) in [5.41, 5.74) is 2.82. The second kappa shape index (κ2) is 3.86. The second-order valence-corrected chi connectivity index (χ2v) is 6.97. The number of hydrogen-bond donors (Lipinski definition) is 1. The van der Waals surface area contributed by atoms with Gasteiger partial charge in [-0.05, 0) is 35.7 Å². The van der Waals surface area contributed by atoms with E-state index in [9.17, 15) is 5.21 Å². The molecule has 0 radical (unpaired) electrons. The predicted molar refractivity (Wildman–Crippen MR) is 71.4 cm³/mol. The van der Waals surface area contributed by atoms with Crippen LogP contribution in [0.2, 0.25) is 0 Å². The summed E-state index contributed by atoms with van der Waals surface area (Å²) >= 11 is 0. The van der Waals surface area contributed by atoms with Crippen LogP contribution in [0.5, 0.6) is 0 Å². The van der Waals surface area contributed by atoms with Gasteiger partial charge >= 0.3 is 0 Å². The number of hydrogen-bond acceptors (Lipinski definition) is 2. The van der Waals surface area contributed by atoms with Crippen molar-refractivity contribution in [3.05, 3.63) is 11.6 Å². The summed E-state index contributed by atoms with van der Waals surface area (Å²) < 4.78 is 0. The Morgan fingerprint density at radius 1 is 1.29 bits per heavy atom. The van der Waals surface area contributed by atoms with E-state index in [4.69, 9.17) is 0 Å². The van der Waals surface area contributed by atoms with Gasteiger partial charge in [-0.1, -0.05) is 51.8 Å². The van der Waals surface area contributed by atoms with E-state index in [0.29, 0.717) is 11.8 Å². The highest BCUT2D eigenvalue weighted by atomic mass is 16.4. The van der Waals surface area contributed by atoms with Crippen LogP contribution in [0.25, 0.3) is 0 Å². The van der Waals surface area contributed by atoms with Gasteiger partial charge in [-0.3, -0.25) is 0 Å². The molecule has 0 aromatic rings. The van der Waals surface area contributed by atoms with Crippen LogP contribution < -0.4 is 0 Å². The highest BCUT2D eigenvalue weighted by Gasteiger charge is 2.54. The minimum absolute atomic E-state index is 0.206. The Kier molecular flexibility index (Phi) is 2.87. The summed E-state index contributed by atoms with van der Waals surface area (Å²) in [6.07, 6.45) is 5.89. The first-order chi connectivity index (χ1) is 7.83.